The van der Waals surface area contributed by atoms with E-state index in [2.05, 4.69) is 18.8 Å². The van der Waals surface area contributed by atoms with Gasteiger partial charge in [-0.25, -0.2) is 4.98 Å². The topological polar surface area (TPSA) is 64.9 Å². The van der Waals surface area contributed by atoms with Crippen molar-refractivity contribution >= 4 is 17.6 Å². The first-order valence-corrected chi connectivity index (χ1v) is 6.77. The van der Waals surface area contributed by atoms with Gasteiger partial charge in [0, 0.05) is 18.0 Å². The van der Waals surface area contributed by atoms with Gasteiger partial charge in [0.25, 0.3) is 0 Å². The highest BCUT2D eigenvalue weighted by Gasteiger charge is 2.05. The number of pyridine rings is 1. The van der Waals surface area contributed by atoms with Gasteiger partial charge in [-0.1, -0.05) is 13.8 Å². The number of nitrogens with zero attached hydrogens (tertiary/aromatic N) is 1. The largest absolute Gasteiger partial charge is 0.384 e. The van der Waals surface area contributed by atoms with E-state index < -0.39 is 0 Å². The number of hydrogen-bond acceptors (Lipinski definition) is 4. The summed E-state index contributed by atoms with van der Waals surface area (Å²) in [7, 11) is 0. The van der Waals surface area contributed by atoms with Gasteiger partial charge in [-0.3, -0.25) is 0 Å². The zero-order chi connectivity index (χ0) is 12.0. The van der Waals surface area contributed by atoms with Gasteiger partial charge in [0.15, 0.2) is 0 Å². The highest BCUT2D eigenvalue weighted by atomic mass is 32.2. The molecule has 90 valence electrons. The van der Waals surface area contributed by atoms with E-state index in [4.69, 9.17) is 11.5 Å². The first kappa shape index (κ1) is 13.3. The van der Waals surface area contributed by atoms with Gasteiger partial charge >= 0.3 is 0 Å². The summed E-state index contributed by atoms with van der Waals surface area (Å²) >= 11 is 1.92. The third-order valence-corrected chi connectivity index (χ3v) is 3.69. The maximum atomic E-state index is 6.06. The van der Waals surface area contributed by atoms with Crippen LogP contribution < -0.4 is 11.5 Å². The van der Waals surface area contributed by atoms with Crippen molar-refractivity contribution < 1.29 is 0 Å². The molecule has 1 rings (SSSR count). The summed E-state index contributed by atoms with van der Waals surface area (Å²) < 4.78 is 0. The molecule has 0 saturated carbocycles. The molecule has 1 atom stereocenters. The fraction of sp³-hybridized carbons (Fsp3) is 0.583. The summed E-state index contributed by atoms with van der Waals surface area (Å²) in [6.45, 7) is 4.45. The molecule has 0 amide bonds. The molecule has 0 fully saturated rings. The molecule has 0 spiro atoms. The van der Waals surface area contributed by atoms with Crippen LogP contribution in [-0.4, -0.2) is 22.5 Å². The SMILES string of the molecule is CC(C)CSCC(N)Cc1ccnc(N)c1. The average Bonchev–Trinajstić information content (AvgIpc) is 2.16. The number of rotatable bonds is 6. The van der Waals surface area contributed by atoms with Crippen molar-refractivity contribution in [2.45, 2.75) is 26.3 Å². The molecule has 1 unspecified atom stereocenters. The minimum Gasteiger partial charge on any atom is -0.384 e. The molecule has 0 aliphatic carbocycles. The van der Waals surface area contributed by atoms with Crippen LogP contribution >= 0.6 is 11.8 Å². The van der Waals surface area contributed by atoms with E-state index in [-0.39, 0.29) is 6.04 Å². The Morgan fingerprint density at radius 3 is 2.75 bits per heavy atom. The Hall–Kier alpha value is -0.740. The number of aromatic nitrogens is 1. The maximum Gasteiger partial charge on any atom is 0.123 e. The minimum atomic E-state index is 0.200. The summed E-state index contributed by atoms with van der Waals surface area (Å²) in [5.41, 5.74) is 12.8. The van der Waals surface area contributed by atoms with Gasteiger partial charge in [-0.05, 0) is 35.8 Å². The third-order valence-electron chi connectivity index (χ3n) is 2.13. The lowest BCUT2D eigenvalue weighted by molar-refractivity contribution is 0.731. The molecule has 4 N–H and O–H groups in total. The van der Waals surface area contributed by atoms with Crippen molar-refractivity contribution in [2.75, 3.05) is 17.2 Å². The lowest BCUT2D eigenvalue weighted by atomic mass is 10.1. The lowest BCUT2D eigenvalue weighted by Crippen LogP contribution is -2.26. The quantitative estimate of drug-likeness (QED) is 0.796. The number of hydrogen-bond donors (Lipinski definition) is 2. The summed E-state index contributed by atoms with van der Waals surface area (Å²) in [6, 6.07) is 4.07. The number of anilines is 1. The molecule has 0 radical (unpaired) electrons. The van der Waals surface area contributed by atoms with Crippen molar-refractivity contribution in [2.24, 2.45) is 11.7 Å². The van der Waals surface area contributed by atoms with E-state index in [1.54, 1.807) is 6.20 Å². The maximum absolute atomic E-state index is 6.06. The molecule has 16 heavy (non-hydrogen) atoms. The summed E-state index contributed by atoms with van der Waals surface area (Å²) in [5.74, 6) is 3.47. The van der Waals surface area contributed by atoms with Gasteiger partial charge in [-0.15, -0.1) is 0 Å². The Labute approximate surface area is 102 Å². The second-order valence-corrected chi connectivity index (χ2v) is 5.56. The molecule has 0 bridgehead atoms. The molecule has 0 saturated heterocycles. The van der Waals surface area contributed by atoms with Gasteiger partial charge in [-0.2, -0.15) is 11.8 Å². The van der Waals surface area contributed by atoms with Crippen LogP contribution in [-0.2, 0) is 6.42 Å². The van der Waals surface area contributed by atoms with Crippen molar-refractivity contribution in [3.63, 3.8) is 0 Å². The van der Waals surface area contributed by atoms with E-state index >= 15 is 0 Å². The van der Waals surface area contributed by atoms with Crippen LogP contribution in [0.15, 0.2) is 18.3 Å². The Kier molecular flexibility index (Phi) is 5.63. The van der Waals surface area contributed by atoms with E-state index in [0.717, 1.165) is 18.1 Å². The first-order chi connectivity index (χ1) is 7.58. The van der Waals surface area contributed by atoms with Crippen LogP contribution in [0.3, 0.4) is 0 Å². The van der Waals surface area contributed by atoms with E-state index in [0.29, 0.717) is 5.82 Å². The highest BCUT2D eigenvalue weighted by molar-refractivity contribution is 7.99. The smallest absolute Gasteiger partial charge is 0.123 e. The van der Waals surface area contributed by atoms with Crippen LogP contribution in [0.1, 0.15) is 19.4 Å². The monoisotopic (exact) mass is 239 g/mol. The molecule has 1 heterocycles. The molecule has 1 aromatic heterocycles. The number of thioether (sulfide) groups is 1. The molecular formula is C12H21N3S. The Balaban J connectivity index is 2.31. The fourth-order valence-electron chi connectivity index (χ4n) is 1.44. The van der Waals surface area contributed by atoms with E-state index in [9.17, 15) is 0 Å². The second kappa shape index (κ2) is 6.76. The van der Waals surface area contributed by atoms with Crippen LogP contribution in [0.4, 0.5) is 5.82 Å². The van der Waals surface area contributed by atoms with Crippen LogP contribution in [0.25, 0.3) is 0 Å². The van der Waals surface area contributed by atoms with Gasteiger partial charge in [0.05, 0.1) is 0 Å². The minimum absolute atomic E-state index is 0.200. The summed E-state index contributed by atoms with van der Waals surface area (Å²) in [4.78, 5) is 3.96. The van der Waals surface area contributed by atoms with Crippen molar-refractivity contribution in [1.29, 1.82) is 0 Å². The van der Waals surface area contributed by atoms with E-state index in [1.807, 2.05) is 23.9 Å². The molecule has 4 heteroatoms. The normalized spacial score (nSPS) is 13.0. The first-order valence-electron chi connectivity index (χ1n) is 5.61. The van der Waals surface area contributed by atoms with Gasteiger partial charge in [0.1, 0.15) is 5.82 Å². The second-order valence-electron chi connectivity index (χ2n) is 4.48. The van der Waals surface area contributed by atoms with Gasteiger partial charge < -0.3 is 11.5 Å². The third kappa shape index (κ3) is 5.37. The van der Waals surface area contributed by atoms with E-state index in [1.165, 1.54) is 11.3 Å². The average molecular weight is 239 g/mol. The lowest BCUT2D eigenvalue weighted by Gasteiger charge is -2.12. The molecule has 3 nitrogen and oxygen atoms in total. The molecule has 0 aromatic carbocycles. The molecular weight excluding hydrogens is 218 g/mol. The zero-order valence-corrected chi connectivity index (χ0v) is 10.8. The van der Waals surface area contributed by atoms with Crippen molar-refractivity contribution in [3.8, 4) is 0 Å². The van der Waals surface area contributed by atoms with Crippen LogP contribution in [0, 0.1) is 5.92 Å². The number of nitrogens with two attached hydrogens (primary N) is 2. The fourth-order valence-corrected chi connectivity index (χ4v) is 2.47. The molecule has 1 aromatic rings. The summed E-state index contributed by atoms with van der Waals surface area (Å²) in [5, 5.41) is 0. The Morgan fingerprint density at radius 2 is 2.12 bits per heavy atom. The van der Waals surface area contributed by atoms with Gasteiger partial charge in [0.2, 0.25) is 0 Å². The predicted molar refractivity (Wildman–Crippen MR) is 72.5 cm³/mol. The molecule has 0 aliphatic heterocycles. The Bertz CT molecular complexity index is 315. The standard InChI is InChI=1S/C12H21N3S/c1-9(2)7-16-8-11(13)5-10-3-4-15-12(14)6-10/h3-4,6,9,11H,5,7-8,13H2,1-2H3,(H2,14,15). The molecule has 0 aliphatic rings. The Morgan fingerprint density at radius 1 is 1.38 bits per heavy atom. The van der Waals surface area contributed by atoms with Crippen molar-refractivity contribution in [3.05, 3.63) is 23.9 Å². The van der Waals surface area contributed by atoms with Crippen molar-refractivity contribution in [1.82, 2.24) is 4.98 Å². The number of nitrogen functional groups attached to an aromatic ring is 1. The zero-order valence-electron chi connectivity index (χ0n) is 10.0. The van der Waals surface area contributed by atoms with Crippen LogP contribution in [0.2, 0.25) is 0 Å². The predicted octanol–water partition coefficient (Wildman–Crippen LogP) is 1.92. The van der Waals surface area contributed by atoms with Crippen LogP contribution in [0.5, 0.6) is 0 Å². The summed E-state index contributed by atoms with van der Waals surface area (Å²) in [6.07, 6.45) is 2.61. The highest BCUT2D eigenvalue weighted by Crippen LogP contribution is 2.11.